The Labute approximate surface area is 146 Å². The van der Waals surface area contributed by atoms with Gasteiger partial charge in [-0.3, -0.25) is 10.2 Å². The van der Waals surface area contributed by atoms with Crippen molar-refractivity contribution in [2.24, 2.45) is 5.10 Å². The summed E-state index contributed by atoms with van der Waals surface area (Å²) in [5.41, 5.74) is 4.44. The molecule has 0 amide bonds. The van der Waals surface area contributed by atoms with E-state index in [1.807, 2.05) is 18.2 Å². The summed E-state index contributed by atoms with van der Waals surface area (Å²) in [5.74, 6) is 0.191. The van der Waals surface area contributed by atoms with Crippen molar-refractivity contribution in [1.82, 2.24) is 9.78 Å². The van der Waals surface area contributed by atoms with Crippen molar-refractivity contribution < 1.29 is 5.11 Å². The Morgan fingerprint density at radius 2 is 1.83 bits per heavy atom. The molecule has 24 heavy (non-hydrogen) atoms. The van der Waals surface area contributed by atoms with Gasteiger partial charge in [-0.25, -0.2) is 0 Å². The Morgan fingerprint density at radius 1 is 1.12 bits per heavy atom. The molecule has 1 heterocycles. The normalized spacial score (nSPS) is 10.9. The molecule has 2 aromatic carbocycles. The van der Waals surface area contributed by atoms with Crippen molar-refractivity contribution in [3.8, 4) is 11.4 Å². The molecule has 120 valence electrons. The second-order valence-corrected chi connectivity index (χ2v) is 5.68. The first-order valence-electron chi connectivity index (χ1n) is 7.06. The number of halogens is 1. The van der Waals surface area contributed by atoms with Crippen LogP contribution in [0.1, 0.15) is 5.56 Å². The third kappa shape index (κ3) is 3.52. The first-order chi connectivity index (χ1) is 11.6. The van der Waals surface area contributed by atoms with E-state index in [1.165, 1.54) is 10.9 Å². The highest BCUT2D eigenvalue weighted by atomic mass is 79.9. The largest absolute Gasteiger partial charge is 0.508 e. The summed E-state index contributed by atoms with van der Waals surface area (Å²) in [5, 5.41) is 17.5. The van der Waals surface area contributed by atoms with Gasteiger partial charge in [0, 0.05) is 0 Å². The van der Waals surface area contributed by atoms with Crippen molar-refractivity contribution in [2.75, 3.05) is 5.43 Å². The second kappa shape index (κ2) is 7.10. The van der Waals surface area contributed by atoms with Crippen LogP contribution in [0.4, 0.5) is 5.69 Å². The Hall–Kier alpha value is -2.93. The van der Waals surface area contributed by atoms with E-state index in [2.05, 4.69) is 31.6 Å². The van der Waals surface area contributed by atoms with Crippen molar-refractivity contribution in [1.29, 1.82) is 0 Å². The van der Waals surface area contributed by atoms with Gasteiger partial charge in [0.05, 0.1) is 23.8 Å². The number of anilines is 1. The number of phenols is 1. The minimum Gasteiger partial charge on any atom is -0.508 e. The predicted octanol–water partition coefficient (Wildman–Crippen LogP) is 3.15. The molecule has 0 aliphatic heterocycles. The highest BCUT2D eigenvalue weighted by Gasteiger charge is 2.09. The molecule has 0 aliphatic carbocycles. The fourth-order valence-corrected chi connectivity index (χ4v) is 2.36. The fourth-order valence-electron chi connectivity index (χ4n) is 2.00. The van der Waals surface area contributed by atoms with Crippen LogP contribution in [0.3, 0.4) is 0 Å². The molecule has 0 atom stereocenters. The van der Waals surface area contributed by atoms with Gasteiger partial charge >= 0.3 is 0 Å². The predicted molar refractivity (Wildman–Crippen MR) is 96.9 cm³/mol. The van der Waals surface area contributed by atoms with Crippen molar-refractivity contribution in [2.45, 2.75) is 0 Å². The number of nitrogens with zero attached hydrogens (tertiary/aromatic N) is 3. The van der Waals surface area contributed by atoms with Crippen LogP contribution in [-0.2, 0) is 0 Å². The van der Waals surface area contributed by atoms with Crippen LogP contribution >= 0.6 is 15.9 Å². The van der Waals surface area contributed by atoms with Gasteiger partial charge in [-0.1, -0.05) is 18.2 Å². The maximum absolute atomic E-state index is 12.4. The third-order valence-corrected chi connectivity index (χ3v) is 3.98. The topological polar surface area (TPSA) is 79.5 Å². The lowest BCUT2D eigenvalue weighted by Gasteiger charge is -2.07. The SMILES string of the molecule is O=c1c(Br)c(NN=Cc2ccc(O)cc2)cnn1-c1ccccc1. The molecular weight excluding hydrogens is 372 g/mol. The molecule has 3 aromatic rings. The molecule has 6 nitrogen and oxygen atoms in total. The van der Waals surface area contributed by atoms with Gasteiger partial charge in [0.1, 0.15) is 10.2 Å². The molecule has 0 spiro atoms. The number of aromatic nitrogens is 2. The molecule has 1 aromatic heterocycles. The fraction of sp³-hybridized carbons (Fsp3) is 0. The average Bonchev–Trinajstić information content (AvgIpc) is 2.61. The molecule has 0 bridgehead atoms. The van der Waals surface area contributed by atoms with Crippen LogP contribution in [0.2, 0.25) is 0 Å². The van der Waals surface area contributed by atoms with E-state index in [-0.39, 0.29) is 11.3 Å². The molecule has 0 aliphatic rings. The number of benzene rings is 2. The number of hydrogen-bond donors (Lipinski definition) is 2. The minimum atomic E-state index is -0.286. The zero-order chi connectivity index (χ0) is 16.9. The quantitative estimate of drug-likeness (QED) is 0.534. The highest BCUT2D eigenvalue weighted by Crippen LogP contribution is 2.17. The maximum atomic E-state index is 12.4. The van der Waals surface area contributed by atoms with Gasteiger partial charge < -0.3 is 5.11 Å². The Balaban J connectivity index is 1.81. The third-order valence-electron chi connectivity index (χ3n) is 3.21. The number of para-hydroxylation sites is 1. The Morgan fingerprint density at radius 3 is 2.54 bits per heavy atom. The first-order valence-corrected chi connectivity index (χ1v) is 7.86. The lowest BCUT2D eigenvalue weighted by Crippen LogP contribution is -2.22. The number of nitrogens with one attached hydrogen (secondary N) is 1. The van der Waals surface area contributed by atoms with Gasteiger partial charge in [-0.05, 0) is 57.9 Å². The summed E-state index contributed by atoms with van der Waals surface area (Å²) in [6.07, 6.45) is 3.10. The van der Waals surface area contributed by atoms with E-state index in [4.69, 9.17) is 0 Å². The van der Waals surface area contributed by atoms with Crippen molar-refractivity contribution in [3.63, 3.8) is 0 Å². The number of rotatable bonds is 4. The number of hydrogen-bond acceptors (Lipinski definition) is 5. The summed E-state index contributed by atoms with van der Waals surface area (Å²) in [6.45, 7) is 0. The molecule has 3 rings (SSSR count). The van der Waals surface area contributed by atoms with Gasteiger partial charge in [0.15, 0.2) is 0 Å². The monoisotopic (exact) mass is 384 g/mol. The molecule has 2 N–H and O–H groups in total. The molecule has 0 radical (unpaired) electrons. The molecule has 0 saturated heterocycles. The summed E-state index contributed by atoms with van der Waals surface area (Å²) in [4.78, 5) is 12.4. The molecule has 0 saturated carbocycles. The van der Waals surface area contributed by atoms with Crippen LogP contribution in [0, 0.1) is 0 Å². The first kappa shape index (κ1) is 15.9. The zero-order valence-electron chi connectivity index (χ0n) is 12.4. The van der Waals surface area contributed by atoms with Crippen molar-refractivity contribution in [3.05, 3.63) is 81.2 Å². The van der Waals surface area contributed by atoms with Crippen LogP contribution in [0.25, 0.3) is 5.69 Å². The maximum Gasteiger partial charge on any atom is 0.287 e. The molecule has 7 heteroatoms. The van der Waals surface area contributed by atoms with Gasteiger partial charge in [-0.15, -0.1) is 0 Å². The summed E-state index contributed by atoms with van der Waals surface area (Å²) in [6, 6.07) is 15.7. The van der Waals surface area contributed by atoms with E-state index in [0.29, 0.717) is 15.8 Å². The second-order valence-electron chi connectivity index (χ2n) is 4.89. The lowest BCUT2D eigenvalue weighted by molar-refractivity contribution is 0.475. The van der Waals surface area contributed by atoms with Crippen LogP contribution < -0.4 is 11.0 Å². The highest BCUT2D eigenvalue weighted by molar-refractivity contribution is 9.10. The van der Waals surface area contributed by atoms with Crippen molar-refractivity contribution >= 4 is 27.8 Å². The smallest absolute Gasteiger partial charge is 0.287 e. The standard InChI is InChI=1S/C17H13BrN4O2/c18-16-15(21-19-10-12-6-8-14(23)9-7-12)11-20-22(17(16)24)13-4-2-1-3-5-13/h1-11,21,23H. The number of phenolic OH excluding ortho intramolecular Hbond substituents is 1. The number of hydrazone groups is 1. The lowest BCUT2D eigenvalue weighted by atomic mass is 10.2. The molecule has 0 fully saturated rings. The number of aromatic hydroxyl groups is 1. The van der Waals surface area contributed by atoms with Gasteiger partial charge in [0.2, 0.25) is 0 Å². The van der Waals surface area contributed by atoms with Gasteiger partial charge in [-0.2, -0.15) is 14.9 Å². The molecular formula is C17H13BrN4O2. The average molecular weight is 385 g/mol. The van der Waals surface area contributed by atoms with E-state index >= 15 is 0 Å². The van der Waals surface area contributed by atoms with Crippen LogP contribution in [-0.4, -0.2) is 21.1 Å². The minimum absolute atomic E-state index is 0.191. The Kier molecular flexibility index (Phi) is 4.72. The van der Waals surface area contributed by atoms with E-state index < -0.39 is 0 Å². The van der Waals surface area contributed by atoms with Crippen LogP contribution in [0.15, 0.2) is 75.2 Å². The summed E-state index contributed by atoms with van der Waals surface area (Å²) in [7, 11) is 0. The summed E-state index contributed by atoms with van der Waals surface area (Å²) < 4.78 is 1.64. The Bertz CT molecular complexity index is 922. The zero-order valence-corrected chi connectivity index (χ0v) is 14.0. The van der Waals surface area contributed by atoms with Crippen LogP contribution in [0.5, 0.6) is 5.75 Å². The summed E-state index contributed by atoms with van der Waals surface area (Å²) >= 11 is 3.28. The van der Waals surface area contributed by atoms with E-state index in [0.717, 1.165) is 5.56 Å². The van der Waals surface area contributed by atoms with E-state index in [9.17, 15) is 9.90 Å². The van der Waals surface area contributed by atoms with Gasteiger partial charge in [0.25, 0.3) is 5.56 Å². The van der Waals surface area contributed by atoms with E-state index in [1.54, 1.807) is 42.6 Å². The molecule has 0 unspecified atom stereocenters.